The molecule has 0 aliphatic carbocycles. The summed E-state index contributed by atoms with van der Waals surface area (Å²) in [5, 5.41) is 2.84. The largest absolute Gasteiger partial charge is 0.342 e. The molecule has 0 radical (unpaired) electrons. The van der Waals surface area contributed by atoms with Gasteiger partial charge >= 0.3 is 0 Å². The van der Waals surface area contributed by atoms with Gasteiger partial charge in [0.1, 0.15) is 11.9 Å². The maximum atomic E-state index is 12.9. The summed E-state index contributed by atoms with van der Waals surface area (Å²) in [6.07, 6.45) is 4.52. The number of hydrogen-bond donors (Lipinski definition) is 1. The van der Waals surface area contributed by atoms with Gasteiger partial charge in [0, 0.05) is 18.1 Å². The Morgan fingerprint density at radius 1 is 1.20 bits per heavy atom. The van der Waals surface area contributed by atoms with E-state index in [-0.39, 0.29) is 17.8 Å². The van der Waals surface area contributed by atoms with Gasteiger partial charge in [-0.1, -0.05) is 13.8 Å². The summed E-state index contributed by atoms with van der Waals surface area (Å²) in [5.74, 6) is 0.00927. The molecule has 106 valence electrons. The van der Waals surface area contributed by atoms with Crippen LogP contribution in [0.15, 0.2) is 48.8 Å². The molecule has 2 rings (SSSR count). The van der Waals surface area contributed by atoms with Crippen molar-refractivity contribution in [2.75, 3.05) is 5.32 Å². The van der Waals surface area contributed by atoms with Crippen molar-refractivity contribution in [3.05, 3.63) is 54.6 Å². The van der Waals surface area contributed by atoms with Crippen LogP contribution in [0.1, 0.15) is 26.3 Å². The first-order chi connectivity index (χ1) is 9.56. The van der Waals surface area contributed by atoms with Crippen molar-refractivity contribution < 1.29 is 9.18 Å². The van der Waals surface area contributed by atoms with E-state index >= 15 is 0 Å². The van der Waals surface area contributed by atoms with E-state index in [1.54, 1.807) is 12.1 Å². The number of aromatic nitrogens is 1. The van der Waals surface area contributed by atoms with Crippen LogP contribution in [-0.4, -0.2) is 10.5 Å². The number of hydrogen-bond acceptors (Lipinski definition) is 1. The van der Waals surface area contributed by atoms with E-state index < -0.39 is 0 Å². The van der Waals surface area contributed by atoms with Gasteiger partial charge in [0.25, 0.3) is 0 Å². The minimum Gasteiger partial charge on any atom is -0.342 e. The average molecular weight is 274 g/mol. The molecular formula is C16H19FN2O. The van der Waals surface area contributed by atoms with Crippen molar-refractivity contribution in [1.82, 2.24) is 4.57 Å². The highest BCUT2D eigenvalue weighted by Crippen LogP contribution is 2.20. The van der Waals surface area contributed by atoms with Gasteiger partial charge in [-0.05, 0) is 48.7 Å². The van der Waals surface area contributed by atoms with Crippen LogP contribution in [0.25, 0.3) is 0 Å². The number of carbonyl (C=O) groups is 1. The topological polar surface area (TPSA) is 34.0 Å². The molecule has 0 saturated carbocycles. The summed E-state index contributed by atoms with van der Waals surface area (Å²) in [4.78, 5) is 12.4. The number of carbonyl (C=O) groups excluding carboxylic acids is 1. The number of nitrogens with one attached hydrogen (secondary N) is 1. The van der Waals surface area contributed by atoms with Gasteiger partial charge in [0.2, 0.25) is 5.91 Å². The first-order valence-corrected chi connectivity index (χ1v) is 6.75. The maximum absolute atomic E-state index is 12.9. The first-order valence-electron chi connectivity index (χ1n) is 6.75. The summed E-state index contributed by atoms with van der Waals surface area (Å²) < 4.78 is 14.8. The summed E-state index contributed by atoms with van der Waals surface area (Å²) in [6, 6.07) is 9.35. The smallest absolute Gasteiger partial charge is 0.247 e. The lowest BCUT2D eigenvalue weighted by atomic mass is 10.0. The molecule has 1 atom stereocenters. The molecule has 2 aromatic rings. The van der Waals surface area contributed by atoms with Gasteiger partial charge in [-0.2, -0.15) is 0 Å². The van der Waals surface area contributed by atoms with Gasteiger partial charge in [0.05, 0.1) is 0 Å². The second kappa shape index (κ2) is 6.37. The molecule has 3 nitrogen and oxygen atoms in total. The molecule has 1 heterocycles. The number of nitrogens with zero attached hydrogens (tertiary/aromatic N) is 1. The summed E-state index contributed by atoms with van der Waals surface area (Å²) >= 11 is 0. The van der Waals surface area contributed by atoms with Gasteiger partial charge < -0.3 is 9.88 Å². The van der Waals surface area contributed by atoms with E-state index in [9.17, 15) is 9.18 Å². The lowest BCUT2D eigenvalue weighted by Crippen LogP contribution is -2.26. The van der Waals surface area contributed by atoms with Gasteiger partial charge in [-0.3, -0.25) is 4.79 Å². The van der Waals surface area contributed by atoms with Gasteiger partial charge in [-0.15, -0.1) is 0 Å². The van der Waals surface area contributed by atoms with E-state index in [1.807, 2.05) is 29.1 Å². The molecule has 1 amide bonds. The standard InChI is InChI=1S/C16H19FN2O/c1-12(2)11-15(19-9-3-4-10-19)16(20)18-14-7-5-13(17)6-8-14/h3-10,12,15H,11H2,1-2H3,(H,18,20)/t15-/m0/s1. The second-order valence-electron chi connectivity index (χ2n) is 5.27. The van der Waals surface area contributed by atoms with E-state index in [0.29, 0.717) is 11.6 Å². The highest BCUT2D eigenvalue weighted by Gasteiger charge is 2.20. The van der Waals surface area contributed by atoms with Gasteiger partial charge in [-0.25, -0.2) is 4.39 Å². The first kappa shape index (κ1) is 14.3. The molecule has 1 N–H and O–H groups in total. The third kappa shape index (κ3) is 3.70. The van der Waals surface area contributed by atoms with E-state index in [4.69, 9.17) is 0 Å². The Kier molecular flexibility index (Phi) is 4.56. The van der Waals surface area contributed by atoms with Crippen LogP contribution in [0.4, 0.5) is 10.1 Å². The van der Waals surface area contributed by atoms with Crippen molar-refractivity contribution in [2.24, 2.45) is 5.92 Å². The van der Waals surface area contributed by atoms with Crippen molar-refractivity contribution in [2.45, 2.75) is 26.3 Å². The highest BCUT2D eigenvalue weighted by molar-refractivity contribution is 5.93. The van der Waals surface area contributed by atoms with Crippen LogP contribution in [-0.2, 0) is 4.79 Å². The normalized spacial score (nSPS) is 12.4. The molecule has 1 aromatic heterocycles. The lowest BCUT2D eigenvalue weighted by Gasteiger charge is -2.20. The number of anilines is 1. The molecule has 0 aliphatic rings. The minimum absolute atomic E-state index is 0.0819. The quantitative estimate of drug-likeness (QED) is 0.882. The highest BCUT2D eigenvalue weighted by atomic mass is 19.1. The van der Waals surface area contributed by atoms with Crippen molar-refractivity contribution in [3.8, 4) is 0 Å². The molecule has 0 spiro atoms. The lowest BCUT2D eigenvalue weighted by molar-refractivity contribution is -0.119. The molecule has 0 aliphatic heterocycles. The number of halogens is 1. The SMILES string of the molecule is CC(C)C[C@@H](C(=O)Nc1ccc(F)cc1)n1cccc1. The van der Waals surface area contributed by atoms with Crippen LogP contribution in [0.2, 0.25) is 0 Å². The monoisotopic (exact) mass is 274 g/mol. The fraction of sp³-hybridized carbons (Fsp3) is 0.312. The third-order valence-electron chi connectivity index (χ3n) is 3.10. The molecule has 4 heteroatoms. The Labute approximate surface area is 118 Å². The zero-order valence-corrected chi connectivity index (χ0v) is 11.7. The Morgan fingerprint density at radius 3 is 2.35 bits per heavy atom. The Morgan fingerprint density at radius 2 is 1.80 bits per heavy atom. The summed E-state index contributed by atoms with van der Waals surface area (Å²) in [7, 11) is 0. The molecule has 0 bridgehead atoms. The molecule has 20 heavy (non-hydrogen) atoms. The van der Waals surface area contributed by atoms with Crippen LogP contribution >= 0.6 is 0 Å². The molecule has 1 aromatic carbocycles. The fourth-order valence-corrected chi connectivity index (χ4v) is 2.13. The van der Waals surface area contributed by atoms with Crippen molar-refractivity contribution in [1.29, 1.82) is 0 Å². The molecule has 0 saturated heterocycles. The third-order valence-corrected chi connectivity index (χ3v) is 3.10. The Hall–Kier alpha value is -2.10. The average Bonchev–Trinajstić information content (AvgIpc) is 2.92. The van der Waals surface area contributed by atoms with Gasteiger partial charge in [0.15, 0.2) is 0 Å². The Balaban J connectivity index is 2.12. The van der Waals surface area contributed by atoms with Crippen molar-refractivity contribution in [3.63, 3.8) is 0 Å². The second-order valence-corrected chi connectivity index (χ2v) is 5.27. The summed E-state index contributed by atoms with van der Waals surface area (Å²) in [5.41, 5.74) is 0.609. The zero-order chi connectivity index (χ0) is 14.5. The number of amides is 1. The molecular weight excluding hydrogens is 255 g/mol. The Bertz CT molecular complexity index is 546. The number of benzene rings is 1. The van der Waals surface area contributed by atoms with E-state index in [0.717, 1.165) is 6.42 Å². The predicted octanol–water partition coefficient (Wildman–Crippen LogP) is 3.85. The fourth-order valence-electron chi connectivity index (χ4n) is 2.13. The predicted molar refractivity (Wildman–Crippen MR) is 78.0 cm³/mol. The number of rotatable bonds is 5. The molecule has 0 unspecified atom stereocenters. The zero-order valence-electron chi connectivity index (χ0n) is 11.7. The van der Waals surface area contributed by atoms with Crippen LogP contribution < -0.4 is 5.32 Å². The van der Waals surface area contributed by atoms with E-state index in [1.165, 1.54) is 12.1 Å². The minimum atomic E-state index is -0.313. The maximum Gasteiger partial charge on any atom is 0.247 e. The summed E-state index contributed by atoms with van der Waals surface area (Å²) in [6.45, 7) is 4.17. The van der Waals surface area contributed by atoms with Crippen molar-refractivity contribution >= 4 is 11.6 Å². The van der Waals surface area contributed by atoms with Crippen LogP contribution in [0.3, 0.4) is 0 Å². The van der Waals surface area contributed by atoms with Crippen LogP contribution in [0, 0.1) is 11.7 Å². The van der Waals surface area contributed by atoms with Crippen LogP contribution in [0.5, 0.6) is 0 Å². The molecule has 0 fully saturated rings. The van der Waals surface area contributed by atoms with E-state index in [2.05, 4.69) is 19.2 Å².